The van der Waals surface area contributed by atoms with E-state index in [1.807, 2.05) is 12.1 Å². The van der Waals surface area contributed by atoms with Crippen molar-refractivity contribution in [2.45, 2.75) is 12.5 Å². The van der Waals surface area contributed by atoms with Crippen LogP contribution in [0.5, 0.6) is 0 Å². The molecule has 1 N–H and O–H groups in total. The van der Waals surface area contributed by atoms with E-state index in [1.165, 1.54) is 4.90 Å². The summed E-state index contributed by atoms with van der Waals surface area (Å²) < 4.78 is 0.905. The minimum Gasteiger partial charge on any atom is -0.465 e. The Hall–Kier alpha value is -1.10. The maximum atomic E-state index is 10.7. The Morgan fingerprint density at radius 2 is 2.43 bits per heavy atom. The summed E-state index contributed by atoms with van der Waals surface area (Å²) in [5, 5.41) is 8.81. The molecule has 2 rings (SSSR count). The van der Waals surface area contributed by atoms with Gasteiger partial charge in [-0.05, 0) is 34.5 Å². The van der Waals surface area contributed by atoms with Crippen molar-refractivity contribution < 1.29 is 9.90 Å². The second kappa shape index (κ2) is 3.57. The van der Waals surface area contributed by atoms with Crippen molar-refractivity contribution in [1.29, 1.82) is 0 Å². The molecule has 1 aliphatic heterocycles. The Balaban J connectivity index is 2.16. The number of amides is 1. The van der Waals surface area contributed by atoms with E-state index in [-0.39, 0.29) is 6.04 Å². The SMILES string of the molecule is O=C(O)N1CCC1c1ccc(Br)cn1. The third-order valence-electron chi connectivity index (χ3n) is 2.36. The Bertz CT molecular complexity index is 352. The van der Waals surface area contributed by atoms with Crippen molar-refractivity contribution in [3.8, 4) is 0 Å². The van der Waals surface area contributed by atoms with E-state index in [1.54, 1.807) is 6.20 Å². The lowest BCUT2D eigenvalue weighted by atomic mass is 10.00. The summed E-state index contributed by atoms with van der Waals surface area (Å²) in [6.45, 7) is 0.609. The lowest BCUT2D eigenvalue weighted by Gasteiger charge is -2.38. The molecule has 0 spiro atoms. The highest BCUT2D eigenvalue weighted by atomic mass is 79.9. The summed E-state index contributed by atoms with van der Waals surface area (Å²) >= 11 is 3.29. The zero-order valence-electron chi connectivity index (χ0n) is 7.35. The van der Waals surface area contributed by atoms with Crippen molar-refractivity contribution in [3.63, 3.8) is 0 Å². The van der Waals surface area contributed by atoms with Gasteiger partial charge in [-0.3, -0.25) is 9.88 Å². The van der Waals surface area contributed by atoms with Crippen LogP contribution in [0.15, 0.2) is 22.8 Å². The van der Waals surface area contributed by atoms with E-state index in [0.717, 1.165) is 16.6 Å². The monoisotopic (exact) mass is 256 g/mol. The van der Waals surface area contributed by atoms with Crippen LogP contribution in [0, 0.1) is 0 Å². The van der Waals surface area contributed by atoms with Crippen LogP contribution < -0.4 is 0 Å². The van der Waals surface area contributed by atoms with Gasteiger partial charge in [-0.25, -0.2) is 4.79 Å². The molecule has 0 saturated carbocycles. The van der Waals surface area contributed by atoms with Gasteiger partial charge in [-0.15, -0.1) is 0 Å². The molecule has 1 aromatic heterocycles. The number of pyridine rings is 1. The highest BCUT2D eigenvalue weighted by Crippen LogP contribution is 2.31. The first kappa shape index (κ1) is 9.45. The highest BCUT2D eigenvalue weighted by molar-refractivity contribution is 9.10. The Morgan fingerprint density at radius 3 is 2.86 bits per heavy atom. The molecule has 2 heterocycles. The van der Waals surface area contributed by atoms with Crippen LogP contribution in [0.4, 0.5) is 4.79 Å². The number of carbonyl (C=O) groups is 1. The maximum absolute atomic E-state index is 10.7. The molecule has 0 aromatic carbocycles. The van der Waals surface area contributed by atoms with E-state index in [4.69, 9.17) is 5.11 Å². The van der Waals surface area contributed by atoms with Crippen molar-refractivity contribution in [2.75, 3.05) is 6.54 Å². The number of rotatable bonds is 1. The average molecular weight is 257 g/mol. The topological polar surface area (TPSA) is 53.4 Å². The lowest BCUT2D eigenvalue weighted by Crippen LogP contribution is -2.44. The van der Waals surface area contributed by atoms with E-state index < -0.39 is 6.09 Å². The van der Waals surface area contributed by atoms with Crippen LogP contribution in [0.25, 0.3) is 0 Å². The van der Waals surface area contributed by atoms with Gasteiger partial charge < -0.3 is 5.11 Å². The number of carboxylic acid groups (broad SMARTS) is 1. The fourth-order valence-corrected chi connectivity index (χ4v) is 1.74. The van der Waals surface area contributed by atoms with Gasteiger partial charge in [-0.1, -0.05) is 0 Å². The predicted octanol–water partition coefficient (Wildman–Crippen LogP) is 2.27. The van der Waals surface area contributed by atoms with Gasteiger partial charge in [0.2, 0.25) is 0 Å². The summed E-state index contributed by atoms with van der Waals surface area (Å²) in [7, 11) is 0. The Labute approximate surface area is 89.7 Å². The molecule has 1 atom stereocenters. The lowest BCUT2D eigenvalue weighted by molar-refractivity contribution is 0.0735. The molecule has 1 aromatic rings. The molecule has 0 radical (unpaired) electrons. The van der Waals surface area contributed by atoms with E-state index in [9.17, 15) is 4.79 Å². The standard InChI is InChI=1S/C9H9BrN2O2/c10-6-1-2-7(11-5-6)8-3-4-12(8)9(13)14/h1-2,5,8H,3-4H2,(H,13,14). The molecule has 1 aliphatic rings. The van der Waals surface area contributed by atoms with Gasteiger partial charge in [0.1, 0.15) is 0 Å². The fraction of sp³-hybridized carbons (Fsp3) is 0.333. The predicted molar refractivity (Wildman–Crippen MR) is 54.0 cm³/mol. The molecule has 14 heavy (non-hydrogen) atoms. The number of nitrogens with zero attached hydrogens (tertiary/aromatic N) is 2. The normalized spacial score (nSPS) is 20.4. The molecule has 5 heteroatoms. The quantitative estimate of drug-likeness (QED) is 0.839. The summed E-state index contributed by atoms with van der Waals surface area (Å²) in [4.78, 5) is 16.3. The van der Waals surface area contributed by atoms with Crippen LogP contribution in [0.2, 0.25) is 0 Å². The number of hydrogen-bond donors (Lipinski definition) is 1. The highest BCUT2D eigenvalue weighted by Gasteiger charge is 2.33. The Kier molecular flexibility index (Phi) is 2.41. The molecule has 0 bridgehead atoms. The van der Waals surface area contributed by atoms with Crippen molar-refractivity contribution >= 4 is 22.0 Å². The van der Waals surface area contributed by atoms with Gasteiger partial charge in [0.05, 0.1) is 11.7 Å². The number of likely N-dealkylation sites (tertiary alicyclic amines) is 1. The van der Waals surface area contributed by atoms with E-state index >= 15 is 0 Å². The summed E-state index contributed by atoms with van der Waals surface area (Å²) in [6, 6.07) is 3.67. The van der Waals surface area contributed by atoms with Gasteiger partial charge >= 0.3 is 6.09 Å². The zero-order valence-corrected chi connectivity index (χ0v) is 8.94. The molecule has 1 amide bonds. The third-order valence-corrected chi connectivity index (χ3v) is 2.83. The molecule has 0 aliphatic carbocycles. The van der Waals surface area contributed by atoms with Crippen molar-refractivity contribution in [3.05, 3.63) is 28.5 Å². The van der Waals surface area contributed by atoms with Crippen LogP contribution in [0.3, 0.4) is 0 Å². The molecule has 1 fully saturated rings. The Morgan fingerprint density at radius 1 is 1.64 bits per heavy atom. The van der Waals surface area contributed by atoms with Gasteiger partial charge in [0.15, 0.2) is 0 Å². The van der Waals surface area contributed by atoms with Crippen molar-refractivity contribution in [2.24, 2.45) is 0 Å². The zero-order chi connectivity index (χ0) is 10.1. The van der Waals surface area contributed by atoms with Crippen LogP contribution in [-0.4, -0.2) is 27.6 Å². The first-order chi connectivity index (χ1) is 6.68. The number of halogens is 1. The van der Waals surface area contributed by atoms with Crippen LogP contribution >= 0.6 is 15.9 Å². The maximum Gasteiger partial charge on any atom is 0.407 e. The third kappa shape index (κ3) is 1.59. The largest absolute Gasteiger partial charge is 0.465 e. The summed E-state index contributed by atoms with van der Waals surface area (Å²) in [6.07, 6.45) is 1.68. The van der Waals surface area contributed by atoms with E-state index in [2.05, 4.69) is 20.9 Å². The fourth-order valence-electron chi connectivity index (χ4n) is 1.51. The van der Waals surface area contributed by atoms with Crippen LogP contribution in [0.1, 0.15) is 18.2 Å². The summed E-state index contributed by atoms with van der Waals surface area (Å²) in [5.74, 6) is 0. The molecular formula is C9H9BrN2O2. The molecule has 74 valence electrons. The van der Waals surface area contributed by atoms with E-state index in [0.29, 0.717) is 6.54 Å². The minimum absolute atomic E-state index is 0.0550. The number of aromatic nitrogens is 1. The summed E-state index contributed by atoms with van der Waals surface area (Å²) in [5.41, 5.74) is 0.821. The molecule has 1 saturated heterocycles. The first-order valence-electron chi connectivity index (χ1n) is 4.29. The second-order valence-electron chi connectivity index (χ2n) is 3.18. The molecule has 1 unspecified atom stereocenters. The van der Waals surface area contributed by atoms with Crippen molar-refractivity contribution in [1.82, 2.24) is 9.88 Å². The van der Waals surface area contributed by atoms with Gasteiger partial charge in [-0.2, -0.15) is 0 Å². The minimum atomic E-state index is -0.869. The molecule has 4 nitrogen and oxygen atoms in total. The first-order valence-corrected chi connectivity index (χ1v) is 5.09. The smallest absolute Gasteiger partial charge is 0.407 e. The molecular weight excluding hydrogens is 248 g/mol. The van der Waals surface area contributed by atoms with Gasteiger partial charge in [0, 0.05) is 17.2 Å². The second-order valence-corrected chi connectivity index (χ2v) is 4.10. The number of hydrogen-bond acceptors (Lipinski definition) is 2. The van der Waals surface area contributed by atoms with Crippen LogP contribution in [-0.2, 0) is 0 Å². The average Bonchev–Trinajstić information content (AvgIpc) is 2.05. The van der Waals surface area contributed by atoms with Gasteiger partial charge in [0.25, 0.3) is 0 Å².